The molecule has 0 aliphatic rings. The molecule has 0 amide bonds. The fraction of sp³-hybridized carbons (Fsp3) is 0.308. The number of halogens is 2. The van der Waals surface area contributed by atoms with E-state index in [4.69, 9.17) is 32.7 Å². The Hall–Kier alpha value is -1.41. The summed E-state index contributed by atoms with van der Waals surface area (Å²) in [6.45, 7) is 1.30. The van der Waals surface area contributed by atoms with Gasteiger partial charge in [-0.1, -0.05) is 23.2 Å². The average Bonchev–Trinajstić information content (AvgIpc) is 2.99. The fourth-order valence-corrected chi connectivity index (χ4v) is 2.24. The highest BCUT2D eigenvalue weighted by atomic mass is 35.5. The number of carbonyl (C=O) groups excluding carboxylic acids is 1. The number of ketones is 1. The first kappa shape index (κ1) is 17.0. The first-order valence-electron chi connectivity index (χ1n) is 6.18. The molecule has 0 aliphatic heterocycles. The summed E-state index contributed by atoms with van der Waals surface area (Å²) >= 11 is 12.8. The van der Waals surface area contributed by atoms with E-state index in [0.29, 0.717) is 11.4 Å². The van der Waals surface area contributed by atoms with Gasteiger partial charge in [-0.25, -0.2) is 0 Å². The Balaban J connectivity index is 1.95. The predicted octanol–water partition coefficient (Wildman–Crippen LogP) is 2.87. The lowest BCUT2D eigenvalue weighted by atomic mass is 10.1. The van der Waals surface area contributed by atoms with Gasteiger partial charge in [0.2, 0.25) is 5.88 Å². The van der Waals surface area contributed by atoms with Crippen LogP contribution in [0, 0.1) is 0 Å². The van der Waals surface area contributed by atoms with Crippen molar-refractivity contribution in [2.45, 2.75) is 13.0 Å². The molecular weight excluding hydrogens is 351 g/mol. The van der Waals surface area contributed by atoms with Gasteiger partial charge in [0.25, 0.3) is 0 Å². The molecule has 1 atom stereocenters. The number of ether oxygens (including phenoxy) is 2. The van der Waals surface area contributed by atoms with Gasteiger partial charge in [-0.2, -0.15) is 4.37 Å². The van der Waals surface area contributed by atoms with E-state index in [-0.39, 0.29) is 34.8 Å². The Morgan fingerprint density at radius 1 is 1.32 bits per heavy atom. The molecule has 1 N–H and O–H groups in total. The lowest BCUT2D eigenvalue weighted by Gasteiger charge is -2.15. The number of hydrogen-bond donors (Lipinski definition) is 1. The van der Waals surface area contributed by atoms with Gasteiger partial charge in [-0.15, -0.1) is 4.37 Å². The van der Waals surface area contributed by atoms with E-state index < -0.39 is 6.10 Å². The number of rotatable bonds is 7. The minimum atomic E-state index is -0.907. The summed E-state index contributed by atoms with van der Waals surface area (Å²) in [7, 11) is 0. The quantitative estimate of drug-likeness (QED) is 0.762. The van der Waals surface area contributed by atoms with Crippen LogP contribution in [-0.2, 0) is 0 Å². The highest BCUT2D eigenvalue weighted by Crippen LogP contribution is 2.31. The van der Waals surface area contributed by atoms with Gasteiger partial charge >= 0.3 is 0 Å². The van der Waals surface area contributed by atoms with E-state index in [2.05, 4.69) is 8.75 Å². The van der Waals surface area contributed by atoms with E-state index in [9.17, 15) is 9.90 Å². The molecule has 2 aromatic rings. The lowest BCUT2D eigenvalue weighted by molar-refractivity contribution is 0.0607. The molecule has 0 saturated carbocycles. The van der Waals surface area contributed by atoms with Crippen molar-refractivity contribution in [1.82, 2.24) is 8.75 Å². The fourth-order valence-electron chi connectivity index (χ4n) is 1.56. The lowest BCUT2D eigenvalue weighted by Crippen LogP contribution is -2.25. The summed E-state index contributed by atoms with van der Waals surface area (Å²) in [5, 5.41) is 10.4. The Labute approximate surface area is 140 Å². The van der Waals surface area contributed by atoms with Crippen LogP contribution in [0.25, 0.3) is 0 Å². The van der Waals surface area contributed by atoms with Crippen molar-refractivity contribution < 1.29 is 19.4 Å². The van der Waals surface area contributed by atoms with Crippen LogP contribution in [0.4, 0.5) is 0 Å². The summed E-state index contributed by atoms with van der Waals surface area (Å²) in [6.07, 6.45) is 0.543. The molecule has 0 saturated heterocycles. The molecule has 0 radical (unpaired) electrons. The molecule has 118 valence electrons. The normalized spacial score (nSPS) is 12.0. The molecule has 0 bridgehead atoms. The topological polar surface area (TPSA) is 81.5 Å². The zero-order valence-electron chi connectivity index (χ0n) is 11.5. The standard InChI is InChI=1S/C13H12Cl2N2O4S/c1-7(18)9-2-10(14)11(15)3-12(9)20-5-8(19)6-21-13-4-16-22-17-13/h2-4,8,19H,5-6H2,1H3. The molecule has 1 aromatic carbocycles. The Kier molecular flexibility index (Phi) is 5.96. The average molecular weight is 363 g/mol. The maximum atomic E-state index is 11.6. The smallest absolute Gasteiger partial charge is 0.245 e. The van der Waals surface area contributed by atoms with E-state index in [1.54, 1.807) is 0 Å². The minimum Gasteiger partial charge on any atom is -0.490 e. The second kappa shape index (κ2) is 7.73. The minimum absolute atomic E-state index is 0.0118. The zero-order valence-corrected chi connectivity index (χ0v) is 13.8. The van der Waals surface area contributed by atoms with Gasteiger partial charge in [-0.05, 0) is 13.0 Å². The molecule has 6 nitrogen and oxygen atoms in total. The SMILES string of the molecule is CC(=O)c1cc(Cl)c(Cl)cc1OCC(O)COc1cnsn1. The molecule has 22 heavy (non-hydrogen) atoms. The van der Waals surface area contributed by atoms with Crippen LogP contribution in [0.5, 0.6) is 11.6 Å². The molecule has 1 unspecified atom stereocenters. The van der Waals surface area contributed by atoms with E-state index in [1.165, 1.54) is 25.3 Å². The van der Waals surface area contributed by atoms with Crippen molar-refractivity contribution >= 4 is 40.7 Å². The molecule has 2 rings (SSSR count). The summed E-state index contributed by atoms with van der Waals surface area (Å²) in [6, 6.07) is 2.88. The first-order valence-corrected chi connectivity index (χ1v) is 7.67. The second-order valence-electron chi connectivity index (χ2n) is 4.34. The van der Waals surface area contributed by atoms with Crippen molar-refractivity contribution in [3.63, 3.8) is 0 Å². The van der Waals surface area contributed by atoms with Gasteiger partial charge < -0.3 is 14.6 Å². The van der Waals surface area contributed by atoms with Crippen LogP contribution in [0.3, 0.4) is 0 Å². The third kappa shape index (κ3) is 4.54. The summed E-state index contributed by atoms with van der Waals surface area (Å²) in [4.78, 5) is 11.6. The maximum Gasteiger partial charge on any atom is 0.245 e. The summed E-state index contributed by atoms with van der Waals surface area (Å²) in [5.74, 6) is 0.382. The Bertz CT molecular complexity index is 652. The number of aliphatic hydroxyl groups is 1. The largest absolute Gasteiger partial charge is 0.490 e. The zero-order chi connectivity index (χ0) is 16.1. The summed E-state index contributed by atoms with van der Waals surface area (Å²) < 4.78 is 18.3. The van der Waals surface area contributed by atoms with Crippen molar-refractivity contribution in [3.05, 3.63) is 33.9 Å². The molecule has 1 aromatic heterocycles. The third-order valence-corrected chi connectivity index (χ3v) is 3.78. The van der Waals surface area contributed by atoms with Gasteiger partial charge in [0.15, 0.2) is 5.78 Å². The highest BCUT2D eigenvalue weighted by Gasteiger charge is 2.15. The number of benzene rings is 1. The second-order valence-corrected chi connectivity index (χ2v) is 5.71. The molecule has 0 fully saturated rings. The van der Waals surface area contributed by atoms with Crippen LogP contribution < -0.4 is 9.47 Å². The molecule has 9 heteroatoms. The van der Waals surface area contributed by atoms with Crippen molar-refractivity contribution in [3.8, 4) is 11.6 Å². The van der Waals surface area contributed by atoms with Crippen LogP contribution in [0.15, 0.2) is 18.3 Å². The third-order valence-electron chi connectivity index (χ3n) is 2.60. The first-order chi connectivity index (χ1) is 10.5. The Morgan fingerprint density at radius 3 is 2.64 bits per heavy atom. The number of aliphatic hydroxyl groups excluding tert-OH is 1. The van der Waals surface area contributed by atoms with Crippen LogP contribution in [-0.4, -0.2) is 39.0 Å². The molecule has 0 spiro atoms. The van der Waals surface area contributed by atoms with Gasteiger partial charge in [0, 0.05) is 6.07 Å². The van der Waals surface area contributed by atoms with Gasteiger partial charge in [0.05, 0.1) is 27.3 Å². The number of nitrogens with zero attached hydrogens (tertiary/aromatic N) is 2. The van der Waals surface area contributed by atoms with E-state index in [0.717, 1.165) is 11.7 Å². The molecule has 0 aliphatic carbocycles. The van der Waals surface area contributed by atoms with E-state index >= 15 is 0 Å². The van der Waals surface area contributed by atoms with Crippen molar-refractivity contribution in [2.24, 2.45) is 0 Å². The van der Waals surface area contributed by atoms with Crippen molar-refractivity contribution in [1.29, 1.82) is 0 Å². The number of Topliss-reactive ketones (excluding diaryl/α,β-unsaturated/α-hetero) is 1. The molecular formula is C13H12Cl2N2O4S. The van der Waals surface area contributed by atoms with Crippen LogP contribution >= 0.6 is 34.9 Å². The monoisotopic (exact) mass is 362 g/mol. The predicted molar refractivity (Wildman–Crippen MR) is 83.4 cm³/mol. The summed E-state index contributed by atoms with van der Waals surface area (Å²) in [5.41, 5.74) is 0.297. The van der Waals surface area contributed by atoms with Crippen LogP contribution in [0.1, 0.15) is 17.3 Å². The van der Waals surface area contributed by atoms with E-state index in [1.807, 2.05) is 0 Å². The van der Waals surface area contributed by atoms with Crippen LogP contribution in [0.2, 0.25) is 10.0 Å². The van der Waals surface area contributed by atoms with Gasteiger partial charge in [-0.3, -0.25) is 4.79 Å². The molecule has 1 heterocycles. The number of aromatic nitrogens is 2. The highest BCUT2D eigenvalue weighted by molar-refractivity contribution is 6.99. The van der Waals surface area contributed by atoms with Gasteiger partial charge in [0.1, 0.15) is 31.3 Å². The number of hydrogen-bond acceptors (Lipinski definition) is 7. The van der Waals surface area contributed by atoms with Crippen molar-refractivity contribution in [2.75, 3.05) is 13.2 Å². The number of carbonyl (C=O) groups is 1. The maximum absolute atomic E-state index is 11.6. The Morgan fingerprint density at radius 2 is 2.00 bits per heavy atom.